The molecule has 8 heteroatoms. The van der Waals surface area contributed by atoms with E-state index in [0.717, 1.165) is 56.5 Å². The van der Waals surface area contributed by atoms with Crippen LogP contribution in [0.25, 0.3) is 0 Å². The molecule has 0 spiro atoms. The molecule has 8 nitrogen and oxygen atoms in total. The minimum absolute atomic E-state index is 0.240. The molecule has 1 aliphatic heterocycles. The molecule has 0 aliphatic carbocycles. The molecule has 0 saturated carbocycles. The molecule has 1 aromatic carbocycles. The van der Waals surface area contributed by atoms with E-state index in [1.165, 1.54) is 0 Å². The molecule has 31 heavy (non-hydrogen) atoms. The summed E-state index contributed by atoms with van der Waals surface area (Å²) in [6.07, 6.45) is 1.00. The van der Waals surface area contributed by atoms with Crippen molar-refractivity contribution < 1.29 is 28.5 Å². The van der Waals surface area contributed by atoms with Crippen LogP contribution in [0.4, 0.5) is 0 Å². The Balaban J connectivity index is 1.59. The summed E-state index contributed by atoms with van der Waals surface area (Å²) in [5, 5.41) is 10.6. The maximum absolute atomic E-state index is 10.6. The highest BCUT2D eigenvalue weighted by atomic mass is 16.5. The fourth-order valence-electron chi connectivity index (χ4n) is 3.70. The molecule has 172 valence electrons. The molecule has 1 aliphatic rings. The van der Waals surface area contributed by atoms with Crippen molar-refractivity contribution in [3.05, 3.63) is 47.9 Å². The van der Waals surface area contributed by atoms with Gasteiger partial charge in [0.25, 0.3) is 0 Å². The summed E-state index contributed by atoms with van der Waals surface area (Å²) < 4.78 is 27.4. The average Bonchev–Trinajstić information content (AvgIpc) is 3.31. The molecular weight excluding hydrogens is 400 g/mol. The number of hydrogen-bond acceptors (Lipinski definition) is 8. The number of ether oxygens (including phenoxy) is 4. The molecule has 1 aromatic heterocycles. The molecule has 1 N–H and O–H groups in total. The number of benzene rings is 1. The lowest BCUT2D eigenvalue weighted by Gasteiger charge is -2.31. The predicted octanol–water partition coefficient (Wildman–Crippen LogP) is 2.01. The van der Waals surface area contributed by atoms with Gasteiger partial charge in [0, 0.05) is 44.8 Å². The Bertz CT molecular complexity index is 749. The summed E-state index contributed by atoms with van der Waals surface area (Å²) in [4.78, 5) is 4.62. The van der Waals surface area contributed by atoms with Crippen LogP contribution in [0.5, 0.6) is 11.5 Å². The van der Waals surface area contributed by atoms with Crippen LogP contribution in [0, 0.1) is 0 Å². The summed E-state index contributed by atoms with van der Waals surface area (Å²) in [5.41, 5.74) is 1.02. The lowest BCUT2D eigenvalue weighted by atomic mass is 10.1. The third kappa shape index (κ3) is 7.52. The van der Waals surface area contributed by atoms with Gasteiger partial charge in [-0.2, -0.15) is 0 Å². The molecule has 2 aromatic rings. The number of para-hydroxylation sites is 1. The van der Waals surface area contributed by atoms with Gasteiger partial charge in [0.1, 0.15) is 12.4 Å². The standard InChI is InChI=1S/C23H34N2O6/c1-27-22-7-3-5-19(23(22)28-2)15-25(9-8-24-10-13-29-14-11-24)16-20(26)17-30-18-21-6-4-12-31-21/h3-7,12,20,26H,8-11,13-18H2,1-2H3. The molecule has 1 atom stereocenters. The number of furan rings is 1. The Morgan fingerprint density at radius 1 is 1.13 bits per heavy atom. The van der Waals surface area contributed by atoms with Crippen molar-refractivity contribution in [2.75, 3.05) is 66.8 Å². The van der Waals surface area contributed by atoms with Crippen molar-refractivity contribution >= 4 is 0 Å². The van der Waals surface area contributed by atoms with E-state index in [4.69, 9.17) is 23.4 Å². The summed E-state index contributed by atoms with van der Waals surface area (Å²) >= 11 is 0. The number of methoxy groups -OCH3 is 2. The van der Waals surface area contributed by atoms with E-state index < -0.39 is 6.10 Å². The van der Waals surface area contributed by atoms with Gasteiger partial charge in [-0.1, -0.05) is 12.1 Å². The molecule has 2 heterocycles. The fraction of sp³-hybridized carbons (Fsp3) is 0.565. The second-order valence-corrected chi connectivity index (χ2v) is 7.59. The second-order valence-electron chi connectivity index (χ2n) is 7.59. The monoisotopic (exact) mass is 434 g/mol. The van der Waals surface area contributed by atoms with Crippen LogP contribution in [0.15, 0.2) is 41.0 Å². The van der Waals surface area contributed by atoms with Crippen molar-refractivity contribution in [3.8, 4) is 11.5 Å². The first-order valence-corrected chi connectivity index (χ1v) is 10.7. The van der Waals surface area contributed by atoms with Gasteiger partial charge in [-0.05, 0) is 18.2 Å². The van der Waals surface area contributed by atoms with Crippen LogP contribution in [-0.2, 0) is 22.6 Å². The van der Waals surface area contributed by atoms with Gasteiger partial charge in [-0.15, -0.1) is 0 Å². The normalized spacial score (nSPS) is 15.9. The third-order valence-corrected chi connectivity index (χ3v) is 5.32. The Hall–Kier alpha value is -2.10. The van der Waals surface area contributed by atoms with Crippen molar-refractivity contribution in [1.82, 2.24) is 9.80 Å². The molecule has 3 rings (SSSR count). The van der Waals surface area contributed by atoms with Gasteiger partial charge in [0.05, 0.1) is 46.4 Å². The highest BCUT2D eigenvalue weighted by Gasteiger charge is 2.19. The van der Waals surface area contributed by atoms with Crippen molar-refractivity contribution in [2.45, 2.75) is 19.3 Å². The van der Waals surface area contributed by atoms with Crippen LogP contribution >= 0.6 is 0 Å². The maximum Gasteiger partial charge on any atom is 0.165 e. The van der Waals surface area contributed by atoms with Crippen molar-refractivity contribution in [2.24, 2.45) is 0 Å². The minimum Gasteiger partial charge on any atom is -0.493 e. The quantitative estimate of drug-likeness (QED) is 0.513. The molecule has 1 unspecified atom stereocenters. The zero-order valence-corrected chi connectivity index (χ0v) is 18.5. The topological polar surface area (TPSA) is 76.8 Å². The first kappa shape index (κ1) is 23.6. The van der Waals surface area contributed by atoms with Gasteiger partial charge in [0.15, 0.2) is 11.5 Å². The molecule has 0 bridgehead atoms. The highest BCUT2D eigenvalue weighted by Crippen LogP contribution is 2.31. The van der Waals surface area contributed by atoms with Gasteiger partial charge < -0.3 is 28.5 Å². The van der Waals surface area contributed by atoms with E-state index in [0.29, 0.717) is 25.4 Å². The van der Waals surface area contributed by atoms with Crippen LogP contribution in [-0.4, -0.2) is 87.8 Å². The molecule has 1 fully saturated rings. The Morgan fingerprint density at radius 2 is 1.97 bits per heavy atom. The average molecular weight is 435 g/mol. The largest absolute Gasteiger partial charge is 0.493 e. The maximum atomic E-state index is 10.6. The first-order valence-electron chi connectivity index (χ1n) is 10.7. The first-order chi connectivity index (χ1) is 15.2. The summed E-state index contributed by atoms with van der Waals surface area (Å²) in [7, 11) is 3.29. The number of hydrogen-bond donors (Lipinski definition) is 1. The van der Waals surface area contributed by atoms with Gasteiger partial charge in [-0.3, -0.25) is 9.80 Å². The molecule has 1 saturated heterocycles. The molecular formula is C23H34N2O6. The van der Waals surface area contributed by atoms with Crippen LogP contribution < -0.4 is 9.47 Å². The molecule has 0 amide bonds. The highest BCUT2D eigenvalue weighted by molar-refractivity contribution is 5.46. The minimum atomic E-state index is -0.615. The van der Waals surface area contributed by atoms with E-state index >= 15 is 0 Å². The van der Waals surface area contributed by atoms with Gasteiger partial charge in [-0.25, -0.2) is 0 Å². The van der Waals surface area contributed by atoms with Gasteiger partial charge >= 0.3 is 0 Å². The number of rotatable bonds is 13. The smallest absolute Gasteiger partial charge is 0.165 e. The zero-order valence-electron chi connectivity index (χ0n) is 18.5. The van der Waals surface area contributed by atoms with Gasteiger partial charge in [0.2, 0.25) is 0 Å². The predicted molar refractivity (Wildman–Crippen MR) is 116 cm³/mol. The SMILES string of the molecule is COc1cccc(CN(CCN2CCOCC2)CC(O)COCc2ccco2)c1OC. The van der Waals surface area contributed by atoms with E-state index in [2.05, 4.69) is 9.80 Å². The number of aliphatic hydroxyl groups is 1. The summed E-state index contributed by atoms with van der Waals surface area (Å²) in [6.45, 7) is 6.86. The lowest BCUT2D eigenvalue weighted by molar-refractivity contribution is -0.00163. The zero-order chi connectivity index (χ0) is 21.9. The van der Waals surface area contributed by atoms with Crippen molar-refractivity contribution in [1.29, 1.82) is 0 Å². The van der Waals surface area contributed by atoms with Crippen LogP contribution in [0.3, 0.4) is 0 Å². The van der Waals surface area contributed by atoms with E-state index in [-0.39, 0.29) is 6.61 Å². The second kappa shape index (κ2) is 12.7. The van der Waals surface area contributed by atoms with Crippen LogP contribution in [0.1, 0.15) is 11.3 Å². The van der Waals surface area contributed by atoms with E-state index in [1.807, 2.05) is 30.3 Å². The number of nitrogens with zero attached hydrogens (tertiary/aromatic N) is 2. The fourth-order valence-corrected chi connectivity index (χ4v) is 3.70. The summed E-state index contributed by atoms with van der Waals surface area (Å²) in [5.74, 6) is 2.18. The number of aliphatic hydroxyl groups excluding tert-OH is 1. The Morgan fingerprint density at radius 3 is 2.68 bits per heavy atom. The van der Waals surface area contributed by atoms with Crippen LogP contribution in [0.2, 0.25) is 0 Å². The van der Waals surface area contributed by atoms with E-state index in [1.54, 1.807) is 20.5 Å². The third-order valence-electron chi connectivity index (χ3n) is 5.32. The van der Waals surface area contributed by atoms with E-state index in [9.17, 15) is 5.11 Å². The molecule has 0 radical (unpaired) electrons. The Labute approximate surface area is 184 Å². The Kier molecular flexibility index (Phi) is 9.64. The van der Waals surface area contributed by atoms with Crippen molar-refractivity contribution in [3.63, 3.8) is 0 Å². The lowest BCUT2D eigenvalue weighted by Crippen LogP contribution is -2.43. The summed E-state index contributed by atoms with van der Waals surface area (Å²) in [6, 6.07) is 9.56. The number of morpholine rings is 1.